The molecule has 0 spiro atoms. The zero-order chi connectivity index (χ0) is 12.3. The normalized spacial score (nSPS) is 10.2. The van der Waals surface area contributed by atoms with Crippen LogP contribution >= 0.6 is 23.2 Å². The Labute approximate surface area is 111 Å². The summed E-state index contributed by atoms with van der Waals surface area (Å²) in [6.07, 6.45) is 0.596. The SMILES string of the molecule is N=C(Cc1ccc(Cl)cc1)c1ccc(Cl)cc1. The van der Waals surface area contributed by atoms with E-state index in [1.165, 1.54) is 0 Å². The van der Waals surface area contributed by atoms with Crippen molar-refractivity contribution in [3.63, 3.8) is 0 Å². The highest BCUT2D eigenvalue weighted by molar-refractivity contribution is 6.31. The molecule has 0 radical (unpaired) electrons. The number of hydrogen-bond acceptors (Lipinski definition) is 1. The molecular formula is C14H11Cl2N. The number of rotatable bonds is 3. The molecule has 0 heterocycles. The van der Waals surface area contributed by atoms with Crippen LogP contribution < -0.4 is 0 Å². The summed E-state index contributed by atoms with van der Waals surface area (Å²) >= 11 is 11.6. The standard InChI is InChI=1S/C14H11Cl2N/c15-12-5-1-10(2-6-12)9-14(17)11-3-7-13(16)8-4-11/h1-8,17H,9H2. The average Bonchev–Trinajstić information content (AvgIpc) is 2.33. The van der Waals surface area contributed by atoms with E-state index in [4.69, 9.17) is 28.6 Å². The zero-order valence-corrected chi connectivity index (χ0v) is 10.6. The molecule has 17 heavy (non-hydrogen) atoms. The molecule has 2 aromatic rings. The summed E-state index contributed by atoms with van der Waals surface area (Å²) in [7, 11) is 0. The highest BCUT2D eigenvalue weighted by Gasteiger charge is 2.03. The second-order valence-corrected chi connectivity index (χ2v) is 4.66. The fraction of sp³-hybridized carbons (Fsp3) is 0.0714. The van der Waals surface area contributed by atoms with Gasteiger partial charge in [-0.25, -0.2) is 0 Å². The minimum atomic E-state index is 0.573. The number of benzene rings is 2. The van der Waals surface area contributed by atoms with Crippen LogP contribution in [0.4, 0.5) is 0 Å². The number of halogens is 2. The molecular weight excluding hydrogens is 253 g/mol. The minimum Gasteiger partial charge on any atom is -0.304 e. The number of nitrogens with one attached hydrogen (secondary N) is 1. The summed E-state index contributed by atoms with van der Waals surface area (Å²) in [5, 5.41) is 9.42. The molecule has 0 aromatic heterocycles. The van der Waals surface area contributed by atoms with E-state index in [9.17, 15) is 0 Å². The number of hydrogen-bond donors (Lipinski definition) is 1. The predicted molar refractivity (Wildman–Crippen MR) is 73.4 cm³/mol. The summed E-state index contributed by atoms with van der Waals surface area (Å²) in [5.41, 5.74) is 2.54. The molecule has 2 aromatic carbocycles. The van der Waals surface area contributed by atoms with Crippen molar-refractivity contribution >= 4 is 28.9 Å². The molecule has 0 aliphatic rings. The summed E-state index contributed by atoms with van der Waals surface area (Å²) in [4.78, 5) is 0. The second-order valence-electron chi connectivity index (χ2n) is 3.79. The maximum Gasteiger partial charge on any atom is 0.0429 e. The lowest BCUT2D eigenvalue weighted by molar-refractivity contribution is 1.28. The molecule has 1 N–H and O–H groups in total. The average molecular weight is 264 g/mol. The van der Waals surface area contributed by atoms with Gasteiger partial charge in [-0.1, -0.05) is 47.5 Å². The zero-order valence-electron chi connectivity index (χ0n) is 9.08. The molecule has 0 saturated heterocycles. The lowest BCUT2D eigenvalue weighted by Gasteiger charge is -2.04. The van der Waals surface area contributed by atoms with Crippen molar-refractivity contribution in [2.45, 2.75) is 6.42 Å². The van der Waals surface area contributed by atoms with Gasteiger partial charge in [-0.15, -0.1) is 0 Å². The molecule has 0 aliphatic carbocycles. The van der Waals surface area contributed by atoms with E-state index in [1.807, 2.05) is 36.4 Å². The monoisotopic (exact) mass is 263 g/mol. The van der Waals surface area contributed by atoms with Gasteiger partial charge in [0, 0.05) is 22.2 Å². The van der Waals surface area contributed by atoms with Gasteiger partial charge in [-0.2, -0.15) is 0 Å². The molecule has 0 saturated carbocycles. The Bertz CT molecular complexity index is 515. The van der Waals surface area contributed by atoms with Gasteiger partial charge in [0.1, 0.15) is 0 Å². The van der Waals surface area contributed by atoms with Gasteiger partial charge in [0.05, 0.1) is 0 Å². The van der Waals surface area contributed by atoms with Crippen LogP contribution in [0.25, 0.3) is 0 Å². The fourth-order valence-electron chi connectivity index (χ4n) is 1.56. The third kappa shape index (κ3) is 3.32. The first-order chi connectivity index (χ1) is 8.15. The summed E-state index contributed by atoms with van der Waals surface area (Å²) in [6.45, 7) is 0. The van der Waals surface area contributed by atoms with Crippen molar-refractivity contribution in [2.75, 3.05) is 0 Å². The summed E-state index contributed by atoms with van der Waals surface area (Å²) in [6, 6.07) is 14.9. The van der Waals surface area contributed by atoms with E-state index in [0.29, 0.717) is 22.2 Å². The van der Waals surface area contributed by atoms with Crippen LogP contribution in [-0.2, 0) is 6.42 Å². The van der Waals surface area contributed by atoms with Gasteiger partial charge in [0.25, 0.3) is 0 Å². The second kappa shape index (κ2) is 5.35. The Hall–Kier alpha value is -1.31. The smallest absolute Gasteiger partial charge is 0.0429 e. The van der Waals surface area contributed by atoms with Crippen molar-refractivity contribution in [2.24, 2.45) is 0 Å². The molecule has 2 rings (SSSR count). The van der Waals surface area contributed by atoms with Crippen molar-refractivity contribution in [3.8, 4) is 0 Å². The van der Waals surface area contributed by atoms with Crippen molar-refractivity contribution in [3.05, 3.63) is 69.7 Å². The van der Waals surface area contributed by atoms with Crippen LogP contribution in [-0.4, -0.2) is 5.71 Å². The van der Waals surface area contributed by atoms with E-state index in [1.54, 1.807) is 12.1 Å². The Morgan fingerprint density at radius 2 is 1.29 bits per heavy atom. The molecule has 0 atom stereocenters. The largest absolute Gasteiger partial charge is 0.304 e. The van der Waals surface area contributed by atoms with Crippen LogP contribution in [0.15, 0.2) is 48.5 Å². The van der Waals surface area contributed by atoms with Gasteiger partial charge in [-0.3, -0.25) is 0 Å². The molecule has 3 heteroatoms. The van der Waals surface area contributed by atoms with Crippen LogP contribution in [0, 0.1) is 5.41 Å². The molecule has 86 valence electrons. The van der Waals surface area contributed by atoms with Crippen LogP contribution in [0.5, 0.6) is 0 Å². The van der Waals surface area contributed by atoms with Gasteiger partial charge in [0.2, 0.25) is 0 Å². The van der Waals surface area contributed by atoms with E-state index >= 15 is 0 Å². The molecule has 0 unspecified atom stereocenters. The maximum atomic E-state index is 8.02. The van der Waals surface area contributed by atoms with E-state index in [-0.39, 0.29) is 0 Å². The van der Waals surface area contributed by atoms with Crippen LogP contribution in [0.3, 0.4) is 0 Å². The first-order valence-electron chi connectivity index (χ1n) is 5.23. The van der Waals surface area contributed by atoms with E-state index < -0.39 is 0 Å². The fourth-order valence-corrected chi connectivity index (χ4v) is 1.81. The highest BCUT2D eigenvalue weighted by Crippen LogP contribution is 2.14. The van der Waals surface area contributed by atoms with E-state index in [0.717, 1.165) is 11.1 Å². The van der Waals surface area contributed by atoms with E-state index in [2.05, 4.69) is 0 Å². The Kier molecular flexibility index (Phi) is 3.82. The molecule has 0 fully saturated rings. The van der Waals surface area contributed by atoms with Gasteiger partial charge >= 0.3 is 0 Å². The predicted octanol–water partition coefficient (Wildman–Crippen LogP) is 4.60. The van der Waals surface area contributed by atoms with Crippen molar-refractivity contribution in [1.82, 2.24) is 0 Å². The lowest BCUT2D eigenvalue weighted by atomic mass is 10.0. The Balaban J connectivity index is 2.11. The summed E-state index contributed by atoms with van der Waals surface area (Å²) in [5.74, 6) is 0. The quantitative estimate of drug-likeness (QED) is 0.783. The Morgan fingerprint density at radius 1 is 0.824 bits per heavy atom. The van der Waals surface area contributed by atoms with Gasteiger partial charge < -0.3 is 5.41 Å². The van der Waals surface area contributed by atoms with Crippen LogP contribution in [0.1, 0.15) is 11.1 Å². The topological polar surface area (TPSA) is 23.9 Å². The van der Waals surface area contributed by atoms with Gasteiger partial charge in [0.15, 0.2) is 0 Å². The third-order valence-electron chi connectivity index (χ3n) is 2.49. The first-order valence-corrected chi connectivity index (χ1v) is 5.98. The highest BCUT2D eigenvalue weighted by atomic mass is 35.5. The lowest BCUT2D eigenvalue weighted by Crippen LogP contribution is -2.03. The maximum absolute atomic E-state index is 8.02. The third-order valence-corrected chi connectivity index (χ3v) is 2.99. The van der Waals surface area contributed by atoms with Gasteiger partial charge in [-0.05, 0) is 35.4 Å². The van der Waals surface area contributed by atoms with Crippen LogP contribution in [0.2, 0.25) is 10.0 Å². The molecule has 0 bridgehead atoms. The molecule has 1 nitrogen and oxygen atoms in total. The van der Waals surface area contributed by atoms with Crippen molar-refractivity contribution in [1.29, 1.82) is 5.41 Å². The van der Waals surface area contributed by atoms with Crippen molar-refractivity contribution < 1.29 is 0 Å². The molecule has 0 aliphatic heterocycles. The Morgan fingerprint density at radius 3 is 1.82 bits per heavy atom. The minimum absolute atomic E-state index is 0.573. The molecule has 0 amide bonds. The summed E-state index contributed by atoms with van der Waals surface area (Å²) < 4.78 is 0. The first kappa shape index (κ1) is 12.2.